The molecular weight excluding hydrogens is 801 g/mol. The first-order chi connectivity index (χ1) is 29.5. The average Bonchev–Trinajstić information content (AvgIpc) is 3.58. The van der Waals surface area contributed by atoms with Crippen molar-refractivity contribution < 1.29 is 67.5 Å². The Bertz CT molecular complexity index is 1680. The van der Waals surface area contributed by atoms with Crippen molar-refractivity contribution in [2.75, 3.05) is 20.8 Å². The summed E-state index contributed by atoms with van der Waals surface area (Å²) in [5, 5.41) is 34.2. The number of aliphatic hydroxyl groups excluding tert-OH is 2. The van der Waals surface area contributed by atoms with E-state index in [9.17, 15) is 20.1 Å². The summed E-state index contributed by atoms with van der Waals surface area (Å²) in [6.07, 6.45) is 6.53. The summed E-state index contributed by atoms with van der Waals surface area (Å²) in [6.45, 7) is 16.3. The van der Waals surface area contributed by atoms with Crippen molar-refractivity contribution in [2.24, 2.45) is 23.7 Å². The van der Waals surface area contributed by atoms with Crippen molar-refractivity contribution in [3.8, 4) is 0 Å². The molecule has 6 aliphatic heterocycles. The molecule has 2 bridgehead atoms. The maximum absolute atomic E-state index is 14.4. The number of rotatable bonds is 8. The van der Waals surface area contributed by atoms with Crippen LogP contribution in [0.1, 0.15) is 107 Å². The smallest absolute Gasteiger partial charge is 0.316 e. The Hall–Kier alpha value is -2.05. The lowest BCUT2D eigenvalue weighted by Gasteiger charge is -2.51. The summed E-state index contributed by atoms with van der Waals surface area (Å²) in [5.41, 5.74) is 0.188. The summed E-state index contributed by atoms with van der Waals surface area (Å²) in [6, 6.07) is 0. The Kier molecular flexibility index (Phi) is 15.3. The largest absolute Gasteiger partial charge is 0.462 e. The van der Waals surface area contributed by atoms with Crippen LogP contribution in [-0.2, 0) is 52.2 Å². The van der Waals surface area contributed by atoms with Gasteiger partial charge in [0.2, 0.25) is 0 Å². The lowest BCUT2D eigenvalue weighted by molar-refractivity contribution is -0.340. The van der Waals surface area contributed by atoms with E-state index in [2.05, 4.69) is 40.7 Å². The van der Waals surface area contributed by atoms with E-state index in [-0.39, 0.29) is 30.8 Å². The quantitative estimate of drug-likeness (QED) is 0.204. The van der Waals surface area contributed by atoms with Crippen LogP contribution >= 0.6 is 0 Å². The molecule has 3 N–H and O–H groups in total. The minimum Gasteiger partial charge on any atom is -0.462 e. The van der Waals surface area contributed by atoms with Crippen LogP contribution in [0.4, 0.5) is 0 Å². The molecule has 1 aliphatic carbocycles. The molecule has 7 rings (SSSR count). The maximum atomic E-state index is 14.4. The molecule has 14 nitrogen and oxygen atoms in total. The summed E-state index contributed by atoms with van der Waals surface area (Å²) >= 11 is 0. The van der Waals surface area contributed by atoms with Crippen LogP contribution in [0.15, 0.2) is 47.1 Å². The number of fused-ring (bicyclic) bond motifs is 2. The zero-order valence-electron chi connectivity index (χ0n) is 38.5. The number of carbonyl (C=O) groups excluding carboxylic acids is 1. The zero-order valence-corrected chi connectivity index (χ0v) is 38.5. The number of esters is 1. The van der Waals surface area contributed by atoms with Gasteiger partial charge in [-0.15, -0.1) is 0 Å². The first-order valence-corrected chi connectivity index (χ1v) is 23.2. The first-order valence-electron chi connectivity index (χ1n) is 23.2. The van der Waals surface area contributed by atoms with Gasteiger partial charge in [0.15, 0.2) is 18.4 Å². The topological polar surface area (TPSA) is 170 Å². The van der Waals surface area contributed by atoms with Gasteiger partial charge in [-0.1, -0.05) is 64.5 Å². The lowest BCUT2D eigenvalue weighted by atomic mass is 9.71. The van der Waals surface area contributed by atoms with E-state index in [1.54, 1.807) is 40.2 Å². The van der Waals surface area contributed by atoms with Crippen molar-refractivity contribution in [1.82, 2.24) is 0 Å². The molecule has 0 aromatic heterocycles. The monoisotopic (exact) mass is 875 g/mol. The summed E-state index contributed by atoms with van der Waals surface area (Å²) in [5.74, 6) is -2.10. The SMILES string of the molecule is CC[C@H](C)[C@H]1O[C@]2(CC[C@@H]1C)C[C@@H]1C[C@@H](C/C=C(\C)[C@@H](O[C@H]3C[C@H](OC)[C@@H](O[C@H]4C[C@H](OC)[C@@H](O)[C@H](C)O4)[C@H](C)O3)[C@@H](C)/C=C/C=C3/CO[C@@H]4[C@H](O)C(C)=C[C@@H](C(=O)O1)[C@]34O)O2. The summed E-state index contributed by atoms with van der Waals surface area (Å²) in [4.78, 5) is 14.4. The highest BCUT2D eigenvalue weighted by molar-refractivity contribution is 5.78. The number of aliphatic hydroxyl groups is 3. The van der Waals surface area contributed by atoms with Crippen LogP contribution in [-0.4, -0.2) is 139 Å². The second-order valence-corrected chi connectivity index (χ2v) is 19.4. The van der Waals surface area contributed by atoms with Crippen molar-refractivity contribution in [3.05, 3.63) is 47.1 Å². The molecule has 6 heterocycles. The molecule has 7 aliphatic rings. The molecule has 1 spiro atoms. The third-order valence-electron chi connectivity index (χ3n) is 14.9. The third kappa shape index (κ3) is 9.73. The second-order valence-electron chi connectivity index (χ2n) is 19.4. The molecule has 5 saturated heterocycles. The maximum Gasteiger partial charge on any atom is 0.316 e. The fourth-order valence-electron chi connectivity index (χ4n) is 11.0. The molecule has 350 valence electrons. The van der Waals surface area contributed by atoms with Crippen LogP contribution in [0.3, 0.4) is 0 Å². The predicted octanol–water partition coefficient (Wildman–Crippen LogP) is 5.60. The van der Waals surface area contributed by atoms with Crippen LogP contribution in [0.25, 0.3) is 0 Å². The fraction of sp³-hybridized carbons (Fsp3) is 0.812. The number of ether oxygens (including phenoxy) is 10. The minimum atomic E-state index is -1.82. The van der Waals surface area contributed by atoms with E-state index < -0.39 is 90.8 Å². The molecule has 0 aromatic carbocycles. The van der Waals surface area contributed by atoms with Gasteiger partial charge >= 0.3 is 5.97 Å². The van der Waals surface area contributed by atoms with E-state index in [1.165, 1.54) is 0 Å². The van der Waals surface area contributed by atoms with Crippen LogP contribution < -0.4 is 0 Å². The van der Waals surface area contributed by atoms with Crippen molar-refractivity contribution >= 4 is 5.97 Å². The van der Waals surface area contributed by atoms with Gasteiger partial charge in [0.1, 0.15) is 42.0 Å². The van der Waals surface area contributed by atoms with Crippen LogP contribution in [0.5, 0.6) is 0 Å². The minimum absolute atomic E-state index is 0.00708. The molecule has 0 saturated carbocycles. The van der Waals surface area contributed by atoms with Gasteiger partial charge in [0.25, 0.3) is 0 Å². The fourth-order valence-corrected chi connectivity index (χ4v) is 11.0. The van der Waals surface area contributed by atoms with E-state index in [4.69, 9.17) is 47.4 Å². The molecule has 0 radical (unpaired) electrons. The Balaban J connectivity index is 1.18. The van der Waals surface area contributed by atoms with Crippen LogP contribution in [0.2, 0.25) is 0 Å². The van der Waals surface area contributed by atoms with E-state index >= 15 is 0 Å². The number of hydrogen-bond acceptors (Lipinski definition) is 14. The molecule has 62 heavy (non-hydrogen) atoms. The van der Waals surface area contributed by atoms with Gasteiger partial charge in [-0.3, -0.25) is 4.79 Å². The average molecular weight is 875 g/mol. The van der Waals surface area contributed by atoms with Gasteiger partial charge in [-0.05, 0) is 69.1 Å². The number of allylic oxidation sites excluding steroid dienone is 2. The van der Waals surface area contributed by atoms with Gasteiger partial charge < -0.3 is 62.7 Å². The number of methoxy groups -OCH3 is 2. The van der Waals surface area contributed by atoms with Gasteiger partial charge in [-0.2, -0.15) is 0 Å². The highest BCUT2D eigenvalue weighted by Crippen LogP contribution is 2.48. The predicted molar refractivity (Wildman–Crippen MR) is 227 cm³/mol. The van der Waals surface area contributed by atoms with Crippen LogP contribution in [0, 0.1) is 23.7 Å². The van der Waals surface area contributed by atoms with Crippen molar-refractivity contribution in [2.45, 2.75) is 204 Å². The van der Waals surface area contributed by atoms with E-state index in [0.717, 1.165) is 18.4 Å². The Morgan fingerprint density at radius 2 is 1.63 bits per heavy atom. The Morgan fingerprint density at radius 1 is 0.919 bits per heavy atom. The van der Waals surface area contributed by atoms with Gasteiger partial charge in [0.05, 0.1) is 49.3 Å². The highest BCUT2D eigenvalue weighted by Gasteiger charge is 2.60. The summed E-state index contributed by atoms with van der Waals surface area (Å²) < 4.78 is 63.9. The molecule has 5 fully saturated rings. The molecule has 20 atom stereocenters. The number of hydrogen-bond donors (Lipinski definition) is 3. The Labute approximate surface area is 368 Å². The van der Waals surface area contributed by atoms with Crippen molar-refractivity contribution in [3.63, 3.8) is 0 Å². The molecular formula is C48H74O14. The van der Waals surface area contributed by atoms with Crippen molar-refractivity contribution in [1.29, 1.82) is 0 Å². The Morgan fingerprint density at radius 3 is 2.35 bits per heavy atom. The van der Waals surface area contributed by atoms with E-state index in [1.807, 2.05) is 19.1 Å². The number of carbonyl (C=O) groups is 1. The lowest BCUT2D eigenvalue weighted by Crippen LogP contribution is -2.58. The molecule has 0 unspecified atom stereocenters. The summed E-state index contributed by atoms with van der Waals surface area (Å²) in [7, 11) is 3.23. The zero-order chi connectivity index (χ0) is 44.7. The van der Waals surface area contributed by atoms with E-state index in [0.29, 0.717) is 61.5 Å². The molecule has 14 heteroatoms. The standard InChI is InChI=1S/C48H74O14/c1-11-25(2)43-28(5)17-18-47(62-43)23-34-20-33(61-47)16-15-27(4)42(26(3)13-12-14-32-24-55-45-40(49)29(6)19-35(46(51)58-34)48(32,45)52)59-39-22-37(54-10)44(31(8)57-39)60-38-21-36(53-9)41(50)30(7)56-38/h12-15,19,25-26,28,30-31,33-45,49-50,52H,11,16-18,20-24H2,1-10H3/b13-12+,27-15+,32-14-/t25-,26-,28-,30-,31-,33+,34-,35-,36-,37-,38-,39-,40+,41-,42-,43+,44-,45+,47+,48+/m0/s1. The first kappa shape index (κ1) is 47.9. The third-order valence-corrected chi connectivity index (χ3v) is 14.9. The highest BCUT2D eigenvalue weighted by atomic mass is 16.7. The molecule has 0 aromatic rings. The normalized spacial score (nSPS) is 49.4. The van der Waals surface area contributed by atoms with Gasteiger partial charge in [0, 0.05) is 52.2 Å². The second kappa shape index (κ2) is 19.8. The van der Waals surface area contributed by atoms with Gasteiger partial charge in [-0.25, -0.2) is 0 Å². The molecule has 0 amide bonds.